The molecule has 1 atom stereocenters. The van der Waals surface area contributed by atoms with Crippen molar-refractivity contribution in [1.82, 2.24) is 5.48 Å². The molecule has 2 heteroatoms. The second-order valence-electron chi connectivity index (χ2n) is 3.03. The van der Waals surface area contributed by atoms with E-state index in [1.165, 1.54) is 11.1 Å². The molecule has 2 rings (SSSR count). The van der Waals surface area contributed by atoms with Crippen LogP contribution in [0.4, 0.5) is 0 Å². The average molecular weight is 173 g/mol. The van der Waals surface area contributed by atoms with Crippen molar-refractivity contribution in [2.75, 3.05) is 0 Å². The van der Waals surface area contributed by atoms with Crippen LogP contribution in [-0.2, 0) is 11.4 Å². The summed E-state index contributed by atoms with van der Waals surface area (Å²) in [6.45, 7) is 0.761. The van der Waals surface area contributed by atoms with Crippen LogP contribution in [0.1, 0.15) is 23.7 Å². The maximum Gasteiger partial charge on any atom is 0.115 e. The summed E-state index contributed by atoms with van der Waals surface area (Å²) in [6, 6.07) is 8.20. The third-order valence-electron chi connectivity index (χ3n) is 2.19. The van der Waals surface area contributed by atoms with E-state index < -0.39 is 0 Å². The zero-order valence-corrected chi connectivity index (χ0v) is 7.29. The van der Waals surface area contributed by atoms with Gasteiger partial charge in [0.05, 0.1) is 0 Å². The fourth-order valence-corrected chi connectivity index (χ4v) is 1.55. The quantitative estimate of drug-likeness (QED) is 0.654. The fraction of sp³-hybridized carbons (Fsp3) is 0.273. The van der Waals surface area contributed by atoms with Crippen LogP contribution in [0, 0.1) is 12.3 Å². The van der Waals surface area contributed by atoms with Crippen molar-refractivity contribution in [1.29, 1.82) is 0 Å². The monoisotopic (exact) mass is 173 g/mol. The van der Waals surface area contributed by atoms with Crippen molar-refractivity contribution >= 4 is 0 Å². The van der Waals surface area contributed by atoms with Gasteiger partial charge in [-0.05, 0) is 11.1 Å². The number of rotatable bonds is 1. The van der Waals surface area contributed by atoms with Crippen molar-refractivity contribution in [2.45, 2.75) is 19.1 Å². The summed E-state index contributed by atoms with van der Waals surface area (Å²) < 4.78 is 0. The van der Waals surface area contributed by atoms with Crippen molar-refractivity contribution in [2.24, 2.45) is 0 Å². The summed E-state index contributed by atoms with van der Waals surface area (Å²) in [6.07, 6.45) is 5.88. The summed E-state index contributed by atoms with van der Waals surface area (Å²) in [4.78, 5) is 5.35. The molecule has 1 heterocycles. The molecule has 13 heavy (non-hydrogen) atoms. The lowest BCUT2D eigenvalue weighted by Gasteiger charge is -2.24. The van der Waals surface area contributed by atoms with Gasteiger partial charge in [0.25, 0.3) is 0 Å². The minimum atomic E-state index is 0.00921. The van der Waals surface area contributed by atoms with E-state index in [-0.39, 0.29) is 6.10 Å². The second-order valence-corrected chi connectivity index (χ2v) is 3.03. The Kier molecular flexibility index (Phi) is 2.31. The lowest BCUT2D eigenvalue weighted by atomic mass is 9.99. The van der Waals surface area contributed by atoms with Crippen molar-refractivity contribution in [3.05, 3.63) is 35.4 Å². The van der Waals surface area contributed by atoms with E-state index in [1.807, 2.05) is 12.1 Å². The Hall–Kier alpha value is -1.30. The third-order valence-corrected chi connectivity index (χ3v) is 2.19. The van der Waals surface area contributed by atoms with E-state index in [0.29, 0.717) is 6.42 Å². The fourth-order valence-electron chi connectivity index (χ4n) is 1.55. The molecule has 1 aromatic carbocycles. The van der Waals surface area contributed by atoms with Gasteiger partial charge in [-0.3, -0.25) is 4.84 Å². The molecule has 0 saturated heterocycles. The minimum absolute atomic E-state index is 0.00921. The van der Waals surface area contributed by atoms with Gasteiger partial charge in [0.15, 0.2) is 0 Å². The molecule has 1 N–H and O–H groups in total. The number of fused-ring (bicyclic) bond motifs is 1. The molecule has 1 aromatic rings. The van der Waals surface area contributed by atoms with E-state index in [4.69, 9.17) is 11.3 Å². The summed E-state index contributed by atoms with van der Waals surface area (Å²) in [5.74, 6) is 2.61. The Balaban J connectivity index is 2.32. The SMILES string of the molecule is C#CCC1ONCc2ccccc21. The van der Waals surface area contributed by atoms with Crippen molar-refractivity contribution in [3.63, 3.8) is 0 Å². The zero-order chi connectivity index (χ0) is 9.10. The van der Waals surface area contributed by atoms with Crippen LogP contribution in [0.25, 0.3) is 0 Å². The van der Waals surface area contributed by atoms with Gasteiger partial charge in [-0.25, -0.2) is 0 Å². The topological polar surface area (TPSA) is 21.3 Å². The highest BCUT2D eigenvalue weighted by molar-refractivity contribution is 5.30. The Morgan fingerprint density at radius 2 is 2.38 bits per heavy atom. The number of hydroxylamine groups is 1. The van der Waals surface area contributed by atoms with Crippen LogP contribution in [0.15, 0.2) is 24.3 Å². The number of hydrogen-bond donors (Lipinski definition) is 1. The standard InChI is InChI=1S/C11H11NO/c1-2-5-11-10-7-4-3-6-9(10)8-12-13-11/h1,3-4,6-7,11-12H,5,8H2. The van der Waals surface area contributed by atoms with E-state index in [2.05, 4.69) is 23.5 Å². The second kappa shape index (κ2) is 3.61. The predicted molar refractivity (Wildman–Crippen MR) is 50.6 cm³/mol. The highest BCUT2D eigenvalue weighted by Gasteiger charge is 2.18. The summed E-state index contributed by atoms with van der Waals surface area (Å²) >= 11 is 0. The van der Waals surface area contributed by atoms with E-state index in [9.17, 15) is 0 Å². The smallest absolute Gasteiger partial charge is 0.115 e. The third kappa shape index (κ3) is 1.57. The molecular formula is C11H11NO. The first-order chi connectivity index (χ1) is 6.42. The Morgan fingerprint density at radius 1 is 1.54 bits per heavy atom. The number of terminal acetylenes is 1. The summed E-state index contributed by atoms with van der Waals surface area (Å²) in [5, 5.41) is 0. The zero-order valence-electron chi connectivity index (χ0n) is 7.29. The highest BCUT2D eigenvalue weighted by atomic mass is 16.7. The van der Waals surface area contributed by atoms with Gasteiger partial charge in [0.1, 0.15) is 6.10 Å². The number of nitrogens with one attached hydrogen (secondary N) is 1. The Labute approximate surface area is 77.9 Å². The van der Waals surface area contributed by atoms with Crippen LogP contribution in [0.3, 0.4) is 0 Å². The first-order valence-corrected chi connectivity index (χ1v) is 4.31. The van der Waals surface area contributed by atoms with Crippen LogP contribution in [-0.4, -0.2) is 0 Å². The average Bonchev–Trinajstić information content (AvgIpc) is 2.19. The minimum Gasteiger partial charge on any atom is -0.292 e. The molecule has 1 aliphatic heterocycles. The first-order valence-electron chi connectivity index (χ1n) is 4.31. The lowest BCUT2D eigenvalue weighted by molar-refractivity contribution is -0.0402. The molecule has 0 aliphatic carbocycles. The van der Waals surface area contributed by atoms with Gasteiger partial charge in [0.2, 0.25) is 0 Å². The summed E-state index contributed by atoms with van der Waals surface area (Å²) in [7, 11) is 0. The van der Waals surface area contributed by atoms with Crippen molar-refractivity contribution in [3.8, 4) is 12.3 Å². The molecule has 2 nitrogen and oxygen atoms in total. The van der Waals surface area contributed by atoms with Crippen LogP contribution in [0.5, 0.6) is 0 Å². The molecule has 1 aliphatic rings. The van der Waals surface area contributed by atoms with Gasteiger partial charge < -0.3 is 0 Å². The Bertz CT molecular complexity index is 340. The van der Waals surface area contributed by atoms with Gasteiger partial charge in [-0.2, -0.15) is 5.48 Å². The van der Waals surface area contributed by atoms with E-state index in [1.54, 1.807) is 0 Å². The van der Waals surface area contributed by atoms with Gasteiger partial charge in [-0.15, -0.1) is 12.3 Å². The molecule has 0 saturated carbocycles. The molecule has 1 unspecified atom stereocenters. The van der Waals surface area contributed by atoms with Gasteiger partial charge >= 0.3 is 0 Å². The lowest BCUT2D eigenvalue weighted by Crippen LogP contribution is -2.25. The highest BCUT2D eigenvalue weighted by Crippen LogP contribution is 2.26. The molecule has 0 aromatic heterocycles. The number of benzene rings is 1. The summed E-state index contributed by atoms with van der Waals surface area (Å²) in [5.41, 5.74) is 5.36. The molecular weight excluding hydrogens is 162 g/mol. The molecule has 0 bridgehead atoms. The maximum atomic E-state index is 5.35. The molecule has 0 radical (unpaired) electrons. The van der Waals surface area contributed by atoms with Crippen LogP contribution in [0.2, 0.25) is 0 Å². The van der Waals surface area contributed by atoms with Crippen LogP contribution < -0.4 is 5.48 Å². The van der Waals surface area contributed by atoms with Gasteiger partial charge in [0, 0.05) is 13.0 Å². The van der Waals surface area contributed by atoms with Crippen LogP contribution >= 0.6 is 0 Å². The molecule has 0 amide bonds. The van der Waals surface area contributed by atoms with Gasteiger partial charge in [-0.1, -0.05) is 24.3 Å². The van der Waals surface area contributed by atoms with Crippen molar-refractivity contribution < 1.29 is 4.84 Å². The van der Waals surface area contributed by atoms with E-state index >= 15 is 0 Å². The molecule has 0 spiro atoms. The molecule has 66 valence electrons. The largest absolute Gasteiger partial charge is 0.292 e. The number of hydrogen-bond acceptors (Lipinski definition) is 2. The maximum absolute atomic E-state index is 5.35. The normalized spacial score (nSPS) is 20.4. The van der Waals surface area contributed by atoms with E-state index in [0.717, 1.165) is 6.54 Å². The first kappa shape index (κ1) is 8.31. The molecule has 0 fully saturated rings. The Morgan fingerprint density at radius 3 is 3.23 bits per heavy atom. The predicted octanol–water partition coefficient (Wildman–Crippen LogP) is 1.79.